The Morgan fingerprint density at radius 2 is 2.47 bits per heavy atom. The summed E-state index contributed by atoms with van der Waals surface area (Å²) in [7, 11) is 1.70. The zero-order chi connectivity index (χ0) is 13.7. The van der Waals surface area contributed by atoms with Crippen LogP contribution in [0.3, 0.4) is 0 Å². The minimum Gasteiger partial charge on any atom is -0.384 e. The van der Waals surface area contributed by atoms with E-state index in [1.165, 1.54) is 0 Å². The molecule has 0 unspecified atom stereocenters. The van der Waals surface area contributed by atoms with Crippen LogP contribution in [0.4, 0.5) is 10.6 Å². The van der Waals surface area contributed by atoms with Crippen molar-refractivity contribution in [2.24, 2.45) is 5.92 Å². The Morgan fingerprint density at radius 1 is 1.63 bits per heavy atom. The molecule has 2 amide bonds. The van der Waals surface area contributed by atoms with E-state index < -0.39 is 0 Å². The molecule has 2 rings (SSSR count). The number of urea groups is 1. The molecule has 0 aliphatic carbocycles. The maximum Gasteiger partial charge on any atom is 0.323 e. The molecule has 6 nitrogen and oxygen atoms in total. The van der Waals surface area contributed by atoms with Gasteiger partial charge in [0.1, 0.15) is 11.6 Å². The highest BCUT2D eigenvalue weighted by atomic mass is 16.5. The number of methoxy groups -OCH3 is 1. The Bertz CT molecular complexity index is 436. The van der Waals surface area contributed by atoms with E-state index in [1.54, 1.807) is 26.3 Å². The lowest BCUT2D eigenvalue weighted by Crippen LogP contribution is -2.43. The Labute approximate surface area is 113 Å². The van der Waals surface area contributed by atoms with Crippen molar-refractivity contribution < 1.29 is 9.53 Å². The smallest absolute Gasteiger partial charge is 0.323 e. The van der Waals surface area contributed by atoms with Crippen molar-refractivity contribution in [2.45, 2.75) is 19.8 Å². The van der Waals surface area contributed by atoms with E-state index in [0.717, 1.165) is 25.9 Å². The fourth-order valence-electron chi connectivity index (χ4n) is 2.34. The van der Waals surface area contributed by atoms with Crippen molar-refractivity contribution in [1.82, 2.24) is 14.9 Å². The summed E-state index contributed by atoms with van der Waals surface area (Å²) in [5, 5.41) is 2.81. The van der Waals surface area contributed by atoms with Crippen molar-refractivity contribution in [2.75, 3.05) is 32.1 Å². The number of hydrogen-bond donors (Lipinski definition) is 1. The Morgan fingerprint density at radius 3 is 3.21 bits per heavy atom. The van der Waals surface area contributed by atoms with E-state index in [0.29, 0.717) is 24.2 Å². The highest BCUT2D eigenvalue weighted by Crippen LogP contribution is 2.17. The molecule has 1 saturated heterocycles. The quantitative estimate of drug-likeness (QED) is 0.902. The topological polar surface area (TPSA) is 67.3 Å². The molecule has 0 aromatic carbocycles. The summed E-state index contributed by atoms with van der Waals surface area (Å²) in [6.45, 7) is 4.03. The first-order valence-electron chi connectivity index (χ1n) is 6.53. The lowest BCUT2D eigenvalue weighted by molar-refractivity contribution is 0.104. The molecular weight excluding hydrogens is 244 g/mol. The first-order valence-corrected chi connectivity index (χ1v) is 6.53. The molecule has 1 aromatic rings. The first kappa shape index (κ1) is 13.7. The largest absolute Gasteiger partial charge is 0.384 e. The number of nitrogens with zero attached hydrogens (tertiary/aromatic N) is 3. The number of nitrogens with one attached hydrogen (secondary N) is 1. The zero-order valence-corrected chi connectivity index (χ0v) is 11.4. The van der Waals surface area contributed by atoms with Gasteiger partial charge in [-0.1, -0.05) is 0 Å². The monoisotopic (exact) mass is 264 g/mol. The number of aryl methyl sites for hydroxylation is 1. The number of rotatable bonds is 3. The van der Waals surface area contributed by atoms with E-state index in [-0.39, 0.29) is 6.03 Å². The Balaban J connectivity index is 1.92. The molecule has 1 aromatic heterocycles. The summed E-state index contributed by atoms with van der Waals surface area (Å²) in [5.41, 5.74) is 0. The Hall–Kier alpha value is -1.69. The number of anilines is 1. The standard InChI is InChI=1S/C13H20N4O2/c1-10-14-6-5-12(15-10)16-13(18)17-7-3-4-11(8-17)9-19-2/h5-6,11H,3-4,7-9H2,1-2H3,(H,14,15,16,18)/t11-/m0/s1. The van der Waals surface area contributed by atoms with Gasteiger partial charge in [0.05, 0.1) is 6.61 Å². The van der Waals surface area contributed by atoms with Crippen LogP contribution in [-0.4, -0.2) is 47.7 Å². The maximum absolute atomic E-state index is 12.1. The molecule has 19 heavy (non-hydrogen) atoms. The number of piperidine rings is 1. The van der Waals surface area contributed by atoms with E-state index in [2.05, 4.69) is 15.3 Å². The number of carbonyl (C=O) groups is 1. The summed E-state index contributed by atoms with van der Waals surface area (Å²) >= 11 is 0. The lowest BCUT2D eigenvalue weighted by atomic mass is 9.99. The molecule has 6 heteroatoms. The van der Waals surface area contributed by atoms with Gasteiger partial charge in [-0.05, 0) is 25.8 Å². The van der Waals surface area contributed by atoms with Gasteiger partial charge in [-0.15, -0.1) is 0 Å². The first-order chi connectivity index (χ1) is 9.19. The minimum atomic E-state index is -0.0982. The zero-order valence-electron chi connectivity index (χ0n) is 11.4. The SMILES string of the molecule is COC[C@H]1CCCN(C(=O)Nc2ccnc(C)n2)C1. The number of ether oxygens (including phenoxy) is 1. The molecule has 1 aliphatic rings. The molecule has 104 valence electrons. The van der Waals surface area contributed by atoms with E-state index in [1.807, 2.05) is 4.90 Å². The van der Waals surface area contributed by atoms with Crippen LogP contribution in [0.1, 0.15) is 18.7 Å². The van der Waals surface area contributed by atoms with Crippen molar-refractivity contribution in [3.63, 3.8) is 0 Å². The van der Waals surface area contributed by atoms with Crippen LogP contribution in [0.15, 0.2) is 12.3 Å². The molecule has 1 N–H and O–H groups in total. The van der Waals surface area contributed by atoms with E-state index in [4.69, 9.17) is 4.74 Å². The van der Waals surface area contributed by atoms with Gasteiger partial charge in [0.2, 0.25) is 0 Å². The van der Waals surface area contributed by atoms with Crippen molar-refractivity contribution in [1.29, 1.82) is 0 Å². The van der Waals surface area contributed by atoms with Crippen LogP contribution < -0.4 is 5.32 Å². The average Bonchev–Trinajstić information content (AvgIpc) is 2.39. The molecule has 1 atom stereocenters. The lowest BCUT2D eigenvalue weighted by Gasteiger charge is -2.32. The summed E-state index contributed by atoms with van der Waals surface area (Å²) in [5.74, 6) is 1.62. The number of amides is 2. The fourth-order valence-corrected chi connectivity index (χ4v) is 2.34. The van der Waals surface area contributed by atoms with E-state index in [9.17, 15) is 4.79 Å². The van der Waals surface area contributed by atoms with Gasteiger partial charge in [0, 0.05) is 32.3 Å². The summed E-state index contributed by atoms with van der Waals surface area (Å²) < 4.78 is 5.16. The second-order valence-electron chi connectivity index (χ2n) is 4.83. The molecular formula is C13H20N4O2. The van der Waals surface area contributed by atoms with E-state index >= 15 is 0 Å². The normalized spacial score (nSPS) is 19.3. The van der Waals surface area contributed by atoms with Gasteiger partial charge in [0.15, 0.2) is 0 Å². The van der Waals surface area contributed by atoms with Gasteiger partial charge in [0.25, 0.3) is 0 Å². The third-order valence-electron chi connectivity index (χ3n) is 3.22. The maximum atomic E-state index is 12.1. The van der Waals surface area contributed by atoms with Gasteiger partial charge in [-0.25, -0.2) is 14.8 Å². The van der Waals surface area contributed by atoms with Gasteiger partial charge < -0.3 is 9.64 Å². The predicted octanol–water partition coefficient (Wildman–Crippen LogP) is 1.68. The van der Waals surface area contributed by atoms with Crippen molar-refractivity contribution in [3.8, 4) is 0 Å². The second kappa shape index (κ2) is 6.47. The molecule has 0 saturated carbocycles. The third-order valence-corrected chi connectivity index (χ3v) is 3.22. The van der Waals surface area contributed by atoms with Gasteiger partial charge in [-0.3, -0.25) is 5.32 Å². The molecule has 2 heterocycles. The van der Waals surface area contributed by atoms with Crippen LogP contribution in [-0.2, 0) is 4.74 Å². The second-order valence-corrected chi connectivity index (χ2v) is 4.83. The molecule has 1 fully saturated rings. The molecule has 1 aliphatic heterocycles. The minimum absolute atomic E-state index is 0.0982. The fraction of sp³-hybridized carbons (Fsp3) is 0.615. The van der Waals surface area contributed by atoms with Crippen LogP contribution >= 0.6 is 0 Å². The third kappa shape index (κ3) is 3.89. The number of hydrogen-bond acceptors (Lipinski definition) is 4. The van der Waals surface area contributed by atoms with Crippen LogP contribution in [0.5, 0.6) is 0 Å². The molecule has 0 radical (unpaired) electrons. The van der Waals surface area contributed by atoms with Gasteiger partial charge >= 0.3 is 6.03 Å². The number of carbonyl (C=O) groups excluding carboxylic acids is 1. The Kier molecular flexibility index (Phi) is 4.68. The summed E-state index contributed by atoms with van der Waals surface area (Å²) in [4.78, 5) is 22.1. The molecule has 0 bridgehead atoms. The summed E-state index contributed by atoms with van der Waals surface area (Å²) in [6, 6.07) is 1.60. The van der Waals surface area contributed by atoms with Crippen molar-refractivity contribution >= 4 is 11.8 Å². The number of likely N-dealkylation sites (tertiary alicyclic amines) is 1. The van der Waals surface area contributed by atoms with Crippen LogP contribution in [0, 0.1) is 12.8 Å². The van der Waals surface area contributed by atoms with Gasteiger partial charge in [-0.2, -0.15) is 0 Å². The van der Waals surface area contributed by atoms with Crippen LogP contribution in [0.2, 0.25) is 0 Å². The van der Waals surface area contributed by atoms with Crippen LogP contribution in [0.25, 0.3) is 0 Å². The average molecular weight is 264 g/mol. The molecule has 0 spiro atoms. The highest BCUT2D eigenvalue weighted by Gasteiger charge is 2.23. The van der Waals surface area contributed by atoms with Crippen molar-refractivity contribution in [3.05, 3.63) is 18.1 Å². The highest BCUT2D eigenvalue weighted by molar-refractivity contribution is 5.88. The number of aromatic nitrogens is 2. The summed E-state index contributed by atoms with van der Waals surface area (Å²) in [6.07, 6.45) is 3.77. The predicted molar refractivity (Wildman–Crippen MR) is 72.0 cm³/mol.